The smallest absolute Gasteiger partial charge is 0.0262 e. The van der Waals surface area contributed by atoms with E-state index < -0.39 is 0 Å². The highest BCUT2D eigenvalue weighted by molar-refractivity contribution is 5.43. The van der Waals surface area contributed by atoms with E-state index in [1.165, 1.54) is 0 Å². The summed E-state index contributed by atoms with van der Waals surface area (Å²) in [7, 11) is 0. The predicted octanol–water partition coefficient (Wildman–Crippen LogP) is 4.44. The van der Waals surface area contributed by atoms with Crippen molar-refractivity contribution < 1.29 is 0 Å². The van der Waals surface area contributed by atoms with E-state index >= 15 is 0 Å². The van der Waals surface area contributed by atoms with Crippen LogP contribution in [0, 0.1) is 5.92 Å². The molecule has 0 aliphatic rings. The highest BCUT2D eigenvalue weighted by atomic mass is 14.0. The lowest BCUT2D eigenvalue weighted by Crippen LogP contribution is -1.82. The number of allylic oxidation sites excluding steroid dienone is 7. The standard InChI is InChI=1S/C14H20/c1-11(2)7-9-13(5)14(6)10-8-12(3)4/h7-10,12H,1,5-6H2,2-4H3/b9-7-,10-8?. The van der Waals surface area contributed by atoms with E-state index in [2.05, 4.69) is 39.7 Å². The molecule has 0 saturated heterocycles. The van der Waals surface area contributed by atoms with Gasteiger partial charge in [0.2, 0.25) is 0 Å². The van der Waals surface area contributed by atoms with Gasteiger partial charge in [-0.05, 0) is 24.0 Å². The monoisotopic (exact) mass is 188 g/mol. The Morgan fingerprint density at radius 1 is 0.929 bits per heavy atom. The molecule has 0 fully saturated rings. The van der Waals surface area contributed by atoms with Crippen LogP contribution < -0.4 is 0 Å². The number of rotatable bonds is 5. The summed E-state index contributed by atoms with van der Waals surface area (Å²) in [5, 5.41) is 0. The molecule has 0 atom stereocenters. The quantitative estimate of drug-likeness (QED) is 0.559. The Labute approximate surface area is 88.0 Å². The molecule has 0 rings (SSSR count). The lowest BCUT2D eigenvalue weighted by Gasteiger charge is -2.00. The van der Waals surface area contributed by atoms with Crippen LogP contribution in [-0.2, 0) is 0 Å². The molecule has 0 N–H and O–H groups in total. The third kappa shape index (κ3) is 6.24. The molecule has 0 heteroatoms. The first-order valence-electron chi connectivity index (χ1n) is 4.83. The zero-order valence-corrected chi connectivity index (χ0v) is 9.51. The third-order valence-electron chi connectivity index (χ3n) is 1.66. The van der Waals surface area contributed by atoms with Gasteiger partial charge in [-0.3, -0.25) is 0 Å². The summed E-state index contributed by atoms with van der Waals surface area (Å²) < 4.78 is 0. The van der Waals surface area contributed by atoms with Crippen molar-refractivity contribution in [3.8, 4) is 0 Å². The highest BCUT2D eigenvalue weighted by Gasteiger charge is 1.92. The number of hydrogen-bond donors (Lipinski definition) is 0. The zero-order valence-electron chi connectivity index (χ0n) is 9.51. The van der Waals surface area contributed by atoms with Gasteiger partial charge in [-0.1, -0.05) is 63.5 Å². The summed E-state index contributed by atoms with van der Waals surface area (Å²) in [6.07, 6.45) is 8.00. The number of hydrogen-bond acceptors (Lipinski definition) is 0. The average Bonchev–Trinajstić information content (AvgIpc) is 2.09. The lowest BCUT2D eigenvalue weighted by molar-refractivity contribution is 0.831. The normalized spacial score (nSPS) is 11.4. The van der Waals surface area contributed by atoms with Gasteiger partial charge in [0.15, 0.2) is 0 Å². The molecule has 0 nitrogen and oxygen atoms in total. The Balaban J connectivity index is 4.28. The average molecular weight is 188 g/mol. The van der Waals surface area contributed by atoms with Crippen LogP contribution >= 0.6 is 0 Å². The SMILES string of the molecule is C=C(C)/C=C\C(=C)C(=C)C=CC(C)C. The molecular weight excluding hydrogens is 168 g/mol. The van der Waals surface area contributed by atoms with Crippen LogP contribution in [0.3, 0.4) is 0 Å². The van der Waals surface area contributed by atoms with E-state index in [9.17, 15) is 0 Å². The zero-order chi connectivity index (χ0) is 11.1. The van der Waals surface area contributed by atoms with Crippen molar-refractivity contribution in [2.24, 2.45) is 5.92 Å². The molecule has 0 unspecified atom stereocenters. The molecule has 0 amide bonds. The van der Waals surface area contributed by atoms with Crippen LogP contribution in [0.15, 0.2) is 60.8 Å². The Morgan fingerprint density at radius 3 is 1.86 bits per heavy atom. The maximum Gasteiger partial charge on any atom is -0.0262 e. The molecule has 0 aliphatic heterocycles. The van der Waals surface area contributed by atoms with Gasteiger partial charge in [0.1, 0.15) is 0 Å². The third-order valence-corrected chi connectivity index (χ3v) is 1.66. The van der Waals surface area contributed by atoms with Gasteiger partial charge in [0, 0.05) is 0 Å². The molecule has 0 bridgehead atoms. The van der Waals surface area contributed by atoms with Crippen molar-refractivity contribution in [1.29, 1.82) is 0 Å². The fraction of sp³-hybridized carbons (Fsp3) is 0.286. The van der Waals surface area contributed by atoms with E-state index in [1.807, 2.05) is 25.2 Å². The van der Waals surface area contributed by atoms with E-state index in [1.54, 1.807) is 0 Å². The molecule has 14 heavy (non-hydrogen) atoms. The maximum atomic E-state index is 3.94. The van der Waals surface area contributed by atoms with Crippen LogP contribution in [0.5, 0.6) is 0 Å². The van der Waals surface area contributed by atoms with Crippen LogP contribution in [0.25, 0.3) is 0 Å². The fourth-order valence-electron chi connectivity index (χ4n) is 0.766. The Kier molecular flexibility index (Phi) is 5.62. The lowest BCUT2D eigenvalue weighted by atomic mass is 10.1. The Morgan fingerprint density at radius 2 is 1.43 bits per heavy atom. The van der Waals surface area contributed by atoms with Gasteiger partial charge >= 0.3 is 0 Å². The molecular formula is C14H20. The summed E-state index contributed by atoms with van der Waals surface area (Å²) >= 11 is 0. The Bertz CT molecular complexity index is 285. The Hall–Kier alpha value is -1.30. The topological polar surface area (TPSA) is 0 Å². The van der Waals surface area contributed by atoms with Gasteiger partial charge in [0.05, 0.1) is 0 Å². The second kappa shape index (κ2) is 6.20. The van der Waals surface area contributed by atoms with E-state index in [4.69, 9.17) is 0 Å². The van der Waals surface area contributed by atoms with Crippen LogP contribution in [0.2, 0.25) is 0 Å². The molecule has 0 aromatic heterocycles. The second-order valence-corrected chi connectivity index (χ2v) is 3.83. The van der Waals surface area contributed by atoms with Crippen LogP contribution in [-0.4, -0.2) is 0 Å². The first-order chi connectivity index (χ1) is 6.43. The van der Waals surface area contributed by atoms with Gasteiger partial charge in [-0.2, -0.15) is 0 Å². The summed E-state index contributed by atoms with van der Waals surface area (Å²) in [6.45, 7) is 17.9. The van der Waals surface area contributed by atoms with E-state index in [-0.39, 0.29) is 0 Å². The first kappa shape index (κ1) is 12.7. The summed E-state index contributed by atoms with van der Waals surface area (Å²) in [4.78, 5) is 0. The van der Waals surface area contributed by atoms with Crippen molar-refractivity contribution in [3.05, 3.63) is 60.8 Å². The highest BCUT2D eigenvalue weighted by Crippen LogP contribution is 2.10. The van der Waals surface area contributed by atoms with Crippen molar-refractivity contribution in [1.82, 2.24) is 0 Å². The minimum atomic E-state index is 0.546. The minimum absolute atomic E-state index is 0.546. The van der Waals surface area contributed by atoms with E-state index in [0.29, 0.717) is 5.92 Å². The molecule has 0 saturated carbocycles. The van der Waals surface area contributed by atoms with Crippen molar-refractivity contribution in [2.75, 3.05) is 0 Å². The predicted molar refractivity (Wildman–Crippen MR) is 66.2 cm³/mol. The second-order valence-electron chi connectivity index (χ2n) is 3.83. The molecule has 0 heterocycles. The first-order valence-corrected chi connectivity index (χ1v) is 4.83. The summed E-state index contributed by atoms with van der Waals surface area (Å²) in [5.41, 5.74) is 2.91. The molecule has 0 aliphatic carbocycles. The minimum Gasteiger partial charge on any atom is -0.0961 e. The van der Waals surface area contributed by atoms with Crippen molar-refractivity contribution in [2.45, 2.75) is 20.8 Å². The summed E-state index contributed by atoms with van der Waals surface area (Å²) in [5.74, 6) is 0.546. The van der Waals surface area contributed by atoms with Crippen LogP contribution in [0.4, 0.5) is 0 Å². The molecule has 0 spiro atoms. The maximum absolute atomic E-state index is 3.94. The van der Waals surface area contributed by atoms with E-state index in [0.717, 1.165) is 16.7 Å². The van der Waals surface area contributed by atoms with Gasteiger partial charge in [-0.25, -0.2) is 0 Å². The largest absolute Gasteiger partial charge is 0.0961 e. The van der Waals surface area contributed by atoms with Gasteiger partial charge in [0.25, 0.3) is 0 Å². The molecule has 0 aromatic carbocycles. The van der Waals surface area contributed by atoms with Gasteiger partial charge in [-0.15, -0.1) is 0 Å². The molecule has 76 valence electrons. The van der Waals surface area contributed by atoms with Crippen molar-refractivity contribution >= 4 is 0 Å². The van der Waals surface area contributed by atoms with Crippen molar-refractivity contribution in [3.63, 3.8) is 0 Å². The molecule has 0 aromatic rings. The molecule has 0 radical (unpaired) electrons. The van der Waals surface area contributed by atoms with Gasteiger partial charge < -0.3 is 0 Å². The summed E-state index contributed by atoms with van der Waals surface area (Å²) in [6, 6.07) is 0. The fourth-order valence-corrected chi connectivity index (χ4v) is 0.766. The van der Waals surface area contributed by atoms with Crippen LogP contribution in [0.1, 0.15) is 20.8 Å².